The molecule has 19 heavy (non-hydrogen) atoms. The summed E-state index contributed by atoms with van der Waals surface area (Å²) in [5, 5.41) is 8.65. The number of nitrogens with zero attached hydrogens (tertiary/aromatic N) is 2. The van der Waals surface area contributed by atoms with E-state index in [9.17, 15) is 0 Å². The van der Waals surface area contributed by atoms with Crippen molar-refractivity contribution in [2.24, 2.45) is 7.05 Å². The molecule has 1 N–H and O–H groups in total. The minimum atomic E-state index is 0.291. The van der Waals surface area contributed by atoms with Crippen LogP contribution in [0.5, 0.6) is 0 Å². The van der Waals surface area contributed by atoms with Crippen LogP contribution in [0.4, 0.5) is 0 Å². The van der Waals surface area contributed by atoms with Crippen molar-refractivity contribution in [1.29, 1.82) is 0 Å². The molecule has 0 bridgehead atoms. The van der Waals surface area contributed by atoms with Crippen molar-refractivity contribution in [2.45, 2.75) is 46.1 Å². The van der Waals surface area contributed by atoms with Gasteiger partial charge in [-0.05, 0) is 26.3 Å². The van der Waals surface area contributed by atoms with Crippen molar-refractivity contribution < 1.29 is 4.74 Å². The molecule has 1 aromatic heterocycles. The fourth-order valence-electron chi connectivity index (χ4n) is 2.04. The second-order valence-corrected chi connectivity index (χ2v) is 5.28. The summed E-state index contributed by atoms with van der Waals surface area (Å²) in [6, 6.07) is 0.291. The van der Waals surface area contributed by atoms with Gasteiger partial charge in [0.25, 0.3) is 0 Å². The van der Waals surface area contributed by atoms with Gasteiger partial charge in [-0.3, -0.25) is 4.68 Å². The third-order valence-electron chi connectivity index (χ3n) is 3.05. The highest BCUT2D eigenvalue weighted by atomic mass is 35.5. The maximum Gasteiger partial charge on any atom is 0.0847 e. The summed E-state index contributed by atoms with van der Waals surface area (Å²) in [6.07, 6.45) is 3.01. The lowest BCUT2D eigenvalue weighted by Gasteiger charge is -2.19. The predicted octanol–water partition coefficient (Wildman–Crippen LogP) is 2.72. The van der Waals surface area contributed by atoms with Crippen molar-refractivity contribution in [2.75, 3.05) is 19.8 Å². The Bertz CT molecular complexity index is 379. The average molecular weight is 288 g/mol. The van der Waals surface area contributed by atoms with Gasteiger partial charge in [-0.15, -0.1) is 0 Å². The Morgan fingerprint density at radius 1 is 1.37 bits per heavy atom. The van der Waals surface area contributed by atoms with Crippen molar-refractivity contribution in [3.8, 4) is 0 Å². The second-order valence-electron chi connectivity index (χ2n) is 4.90. The van der Waals surface area contributed by atoms with Gasteiger partial charge in [0.2, 0.25) is 0 Å². The molecule has 1 aromatic rings. The molecule has 0 saturated heterocycles. The van der Waals surface area contributed by atoms with Crippen LogP contribution >= 0.6 is 11.6 Å². The summed E-state index contributed by atoms with van der Waals surface area (Å²) in [5.41, 5.74) is 1.97. The minimum absolute atomic E-state index is 0.291. The van der Waals surface area contributed by atoms with Gasteiger partial charge >= 0.3 is 0 Å². The smallest absolute Gasteiger partial charge is 0.0847 e. The molecule has 4 nitrogen and oxygen atoms in total. The fraction of sp³-hybridized carbons (Fsp3) is 0.786. The lowest BCUT2D eigenvalue weighted by molar-refractivity contribution is 0.111. The number of hydrogen-bond acceptors (Lipinski definition) is 3. The van der Waals surface area contributed by atoms with Gasteiger partial charge in [0, 0.05) is 26.1 Å². The van der Waals surface area contributed by atoms with E-state index < -0.39 is 0 Å². The first-order chi connectivity index (χ1) is 9.10. The number of nitrogens with one attached hydrogen (secondary N) is 1. The largest absolute Gasteiger partial charge is 0.380 e. The summed E-state index contributed by atoms with van der Waals surface area (Å²) < 4.78 is 7.54. The highest BCUT2D eigenvalue weighted by Crippen LogP contribution is 2.20. The number of aryl methyl sites for hydroxylation is 2. The molecule has 1 heterocycles. The Morgan fingerprint density at radius 2 is 2.11 bits per heavy atom. The zero-order valence-corrected chi connectivity index (χ0v) is 13.3. The van der Waals surface area contributed by atoms with Crippen LogP contribution in [0, 0.1) is 6.92 Å². The normalized spacial score (nSPS) is 12.9. The first-order valence-corrected chi connectivity index (χ1v) is 7.47. The maximum atomic E-state index is 6.30. The van der Waals surface area contributed by atoms with Gasteiger partial charge in [-0.2, -0.15) is 5.10 Å². The summed E-state index contributed by atoms with van der Waals surface area (Å²) in [7, 11) is 1.94. The van der Waals surface area contributed by atoms with Crippen molar-refractivity contribution >= 4 is 11.6 Å². The number of ether oxygens (including phenoxy) is 1. The Balaban J connectivity index is 2.64. The molecule has 1 atom stereocenters. The molecular weight excluding hydrogens is 262 g/mol. The highest BCUT2D eigenvalue weighted by Gasteiger charge is 2.16. The Hall–Kier alpha value is -0.580. The third kappa shape index (κ3) is 5.13. The van der Waals surface area contributed by atoms with E-state index in [0.29, 0.717) is 12.6 Å². The van der Waals surface area contributed by atoms with Crippen LogP contribution in [-0.2, 0) is 18.2 Å². The first kappa shape index (κ1) is 16.5. The van der Waals surface area contributed by atoms with E-state index in [0.717, 1.165) is 48.8 Å². The summed E-state index contributed by atoms with van der Waals surface area (Å²) in [4.78, 5) is 0. The molecule has 1 rings (SSSR count). The van der Waals surface area contributed by atoms with Gasteiger partial charge in [0.15, 0.2) is 0 Å². The topological polar surface area (TPSA) is 39.1 Å². The van der Waals surface area contributed by atoms with Crippen LogP contribution in [-0.4, -0.2) is 35.6 Å². The van der Waals surface area contributed by atoms with E-state index in [1.807, 2.05) is 18.7 Å². The first-order valence-electron chi connectivity index (χ1n) is 7.09. The fourth-order valence-corrected chi connectivity index (χ4v) is 2.28. The van der Waals surface area contributed by atoms with Crippen molar-refractivity contribution in [1.82, 2.24) is 15.1 Å². The Labute approximate surface area is 121 Å². The van der Waals surface area contributed by atoms with E-state index in [4.69, 9.17) is 16.3 Å². The number of hydrogen-bond donors (Lipinski definition) is 1. The number of aromatic nitrogens is 2. The molecule has 0 fully saturated rings. The lowest BCUT2D eigenvalue weighted by Crippen LogP contribution is -2.36. The molecule has 0 aliphatic carbocycles. The van der Waals surface area contributed by atoms with E-state index in [-0.39, 0.29) is 0 Å². The van der Waals surface area contributed by atoms with E-state index in [1.54, 1.807) is 0 Å². The molecule has 1 unspecified atom stereocenters. The summed E-state index contributed by atoms with van der Waals surface area (Å²) in [6.45, 7) is 8.74. The Morgan fingerprint density at radius 3 is 2.63 bits per heavy atom. The van der Waals surface area contributed by atoms with Crippen molar-refractivity contribution in [3.05, 3.63) is 16.4 Å². The average Bonchev–Trinajstić information content (AvgIpc) is 2.62. The van der Waals surface area contributed by atoms with Crippen molar-refractivity contribution in [3.63, 3.8) is 0 Å². The van der Waals surface area contributed by atoms with Gasteiger partial charge < -0.3 is 10.1 Å². The second kappa shape index (κ2) is 8.56. The van der Waals surface area contributed by atoms with Crippen LogP contribution < -0.4 is 5.32 Å². The van der Waals surface area contributed by atoms with Crippen LogP contribution in [0.25, 0.3) is 0 Å². The number of rotatable bonds is 9. The van der Waals surface area contributed by atoms with Gasteiger partial charge in [-0.25, -0.2) is 0 Å². The minimum Gasteiger partial charge on any atom is -0.380 e. The van der Waals surface area contributed by atoms with Crippen LogP contribution in [0.2, 0.25) is 5.02 Å². The van der Waals surface area contributed by atoms with Gasteiger partial charge in [0.1, 0.15) is 0 Å². The third-order valence-corrected chi connectivity index (χ3v) is 3.54. The Kier molecular flexibility index (Phi) is 7.42. The molecule has 0 spiro atoms. The molecular formula is C14H26ClN3O. The van der Waals surface area contributed by atoms with E-state index in [2.05, 4.69) is 24.3 Å². The van der Waals surface area contributed by atoms with Gasteiger partial charge in [-0.1, -0.05) is 25.4 Å². The van der Waals surface area contributed by atoms with E-state index >= 15 is 0 Å². The van der Waals surface area contributed by atoms with Crippen LogP contribution in [0.3, 0.4) is 0 Å². The molecule has 0 saturated carbocycles. The molecule has 0 aromatic carbocycles. The van der Waals surface area contributed by atoms with E-state index in [1.165, 1.54) is 0 Å². The summed E-state index contributed by atoms with van der Waals surface area (Å²) in [5.74, 6) is 0. The molecule has 0 aliphatic rings. The predicted molar refractivity (Wildman–Crippen MR) is 79.9 cm³/mol. The molecule has 110 valence electrons. The number of halogens is 1. The summed E-state index contributed by atoms with van der Waals surface area (Å²) >= 11 is 6.30. The van der Waals surface area contributed by atoms with Gasteiger partial charge in [0.05, 0.1) is 23.0 Å². The lowest BCUT2D eigenvalue weighted by atomic mass is 10.1. The highest BCUT2D eigenvalue weighted by molar-refractivity contribution is 6.31. The molecule has 0 radical (unpaired) electrons. The molecule has 5 heteroatoms. The standard InChI is InChI=1S/C14H26ClN3O/c1-5-7-16-12(10-19-8-6-2)9-13-14(15)11(3)17-18(13)4/h12,16H,5-10H2,1-4H3. The zero-order valence-electron chi connectivity index (χ0n) is 12.5. The molecule has 0 amide bonds. The van der Waals surface area contributed by atoms with Crippen LogP contribution in [0.15, 0.2) is 0 Å². The maximum absolute atomic E-state index is 6.30. The monoisotopic (exact) mass is 287 g/mol. The zero-order chi connectivity index (χ0) is 14.3. The van der Waals surface area contributed by atoms with Crippen LogP contribution in [0.1, 0.15) is 38.1 Å². The molecule has 0 aliphatic heterocycles. The SMILES string of the molecule is CCCNC(COCCC)Cc1c(Cl)c(C)nn1C. The quantitative estimate of drug-likeness (QED) is 0.710.